The maximum atomic E-state index is 6.46. The van der Waals surface area contributed by atoms with Crippen LogP contribution in [0.2, 0.25) is 0 Å². The van der Waals surface area contributed by atoms with Crippen molar-refractivity contribution >= 4 is 23.6 Å². The molecule has 0 spiro atoms. The van der Waals surface area contributed by atoms with Gasteiger partial charge in [-0.1, -0.05) is 45.4 Å². The summed E-state index contributed by atoms with van der Waals surface area (Å²) in [6.45, 7) is 4.49. The van der Waals surface area contributed by atoms with Crippen molar-refractivity contribution < 1.29 is 9.05 Å². The largest absolute Gasteiger partial charge is 0.329 e. The van der Waals surface area contributed by atoms with Crippen LogP contribution in [0.1, 0.15) is 40.0 Å². The van der Waals surface area contributed by atoms with Crippen LogP contribution in [-0.2, 0) is 20.9 Å². The fraction of sp³-hybridized carbons (Fsp3) is 0.647. The predicted octanol–water partition coefficient (Wildman–Crippen LogP) is 4.75. The minimum Gasteiger partial charge on any atom is -0.329 e. The molecule has 118 valence electrons. The van der Waals surface area contributed by atoms with E-state index in [1.807, 2.05) is 30.3 Å². The van der Waals surface area contributed by atoms with Crippen molar-refractivity contribution in [3.63, 3.8) is 0 Å². The highest BCUT2D eigenvalue weighted by molar-refractivity contribution is 8.13. The van der Waals surface area contributed by atoms with Gasteiger partial charge in [-0.05, 0) is 54.5 Å². The van der Waals surface area contributed by atoms with Gasteiger partial charge in [0.25, 0.3) is 0 Å². The molecule has 1 fully saturated rings. The molecule has 0 heterocycles. The SMILES string of the molecule is COP(=S)(OC1CC(C)CCC1C(C)C)c1ccccc1. The average molecular weight is 326 g/mol. The summed E-state index contributed by atoms with van der Waals surface area (Å²) >= 11 is 5.80. The van der Waals surface area contributed by atoms with E-state index in [1.165, 1.54) is 12.8 Å². The van der Waals surface area contributed by atoms with E-state index in [0.717, 1.165) is 11.7 Å². The van der Waals surface area contributed by atoms with Crippen LogP contribution in [-0.4, -0.2) is 13.2 Å². The Balaban J connectivity index is 2.21. The van der Waals surface area contributed by atoms with E-state index in [-0.39, 0.29) is 6.10 Å². The van der Waals surface area contributed by atoms with Crippen LogP contribution in [0.15, 0.2) is 30.3 Å². The molecule has 1 aliphatic carbocycles. The van der Waals surface area contributed by atoms with Crippen molar-refractivity contribution in [1.82, 2.24) is 0 Å². The molecule has 1 aromatic rings. The third kappa shape index (κ3) is 4.16. The quantitative estimate of drug-likeness (QED) is 0.728. The highest BCUT2D eigenvalue weighted by atomic mass is 32.5. The van der Waals surface area contributed by atoms with Crippen molar-refractivity contribution in [2.24, 2.45) is 17.8 Å². The van der Waals surface area contributed by atoms with Crippen molar-refractivity contribution in [3.05, 3.63) is 30.3 Å². The first kappa shape index (κ1) is 17.1. The van der Waals surface area contributed by atoms with Gasteiger partial charge in [0.2, 0.25) is 6.49 Å². The van der Waals surface area contributed by atoms with E-state index in [2.05, 4.69) is 20.8 Å². The molecule has 1 aliphatic rings. The van der Waals surface area contributed by atoms with Crippen LogP contribution in [0.4, 0.5) is 0 Å². The van der Waals surface area contributed by atoms with Gasteiger partial charge in [0.05, 0.1) is 6.10 Å². The van der Waals surface area contributed by atoms with Gasteiger partial charge in [-0.15, -0.1) is 0 Å². The molecule has 21 heavy (non-hydrogen) atoms. The van der Waals surface area contributed by atoms with Gasteiger partial charge in [0.1, 0.15) is 0 Å². The molecule has 0 amide bonds. The first-order valence-corrected chi connectivity index (χ1v) is 10.5. The molecule has 0 aliphatic heterocycles. The Kier molecular flexibility index (Phi) is 6.02. The Labute approximate surface area is 134 Å². The predicted molar refractivity (Wildman–Crippen MR) is 93.6 cm³/mol. The van der Waals surface area contributed by atoms with Gasteiger partial charge in [0.15, 0.2) is 0 Å². The van der Waals surface area contributed by atoms with Crippen LogP contribution in [0.3, 0.4) is 0 Å². The van der Waals surface area contributed by atoms with Gasteiger partial charge in [-0.25, -0.2) is 0 Å². The second kappa shape index (κ2) is 7.37. The number of hydrogen-bond acceptors (Lipinski definition) is 3. The molecule has 0 saturated heterocycles. The molecule has 0 radical (unpaired) electrons. The normalized spacial score (nSPS) is 29.3. The fourth-order valence-electron chi connectivity index (χ4n) is 3.23. The minimum absolute atomic E-state index is 0.222. The lowest BCUT2D eigenvalue weighted by Gasteiger charge is -2.39. The Hall–Kier alpha value is -0.210. The summed E-state index contributed by atoms with van der Waals surface area (Å²) in [6.07, 6.45) is 3.85. The maximum absolute atomic E-state index is 6.46. The molecule has 2 nitrogen and oxygen atoms in total. The Morgan fingerprint density at radius 1 is 1.19 bits per heavy atom. The molecular weight excluding hydrogens is 299 g/mol. The molecule has 4 atom stereocenters. The van der Waals surface area contributed by atoms with Crippen molar-refractivity contribution in [1.29, 1.82) is 0 Å². The topological polar surface area (TPSA) is 18.5 Å². The van der Waals surface area contributed by atoms with E-state index >= 15 is 0 Å². The smallest absolute Gasteiger partial charge is 0.219 e. The number of rotatable bonds is 5. The second-order valence-corrected chi connectivity index (χ2v) is 10.0. The summed E-state index contributed by atoms with van der Waals surface area (Å²) in [5, 5.41) is 1.02. The van der Waals surface area contributed by atoms with Gasteiger partial charge in [-0.2, -0.15) is 0 Å². The third-order valence-electron chi connectivity index (χ3n) is 4.55. The standard InChI is InChI=1S/C17H27O2PS/c1-13(2)16-11-10-14(3)12-17(16)19-20(21,18-4)15-8-6-5-7-9-15/h5-9,13-14,16-17H,10-12H2,1-4H3. The molecule has 1 aromatic carbocycles. The van der Waals surface area contributed by atoms with Crippen LogP contribution in [0.25, 0.3) is 0 Å². The van der Waals surface area contributed by atoms with E-state index in [0.29, 0.717) is 17.8 Å². The van der Waals surface area contributed by atoms with E-state index < -0.39 is 6.49 Å². The van der Waals surface area contributed by atoms with Gasteiger partial charge in [0, 0.05) is 12.4 Å². The summed E-state index contributed by atoms with van der Waals surface area (Å²) in [5.74, 6) is 1.92. The van der Waals surface area contributed by atoms with E-state index in [9.17, 15) is 0 Å². The lowest BCUT2D eigenvalue weighted by molar-refractivity contribution is 0.0463. The first-order valence-electron chi connectivity index (χ1n) is 7.86. The van der Waals surface area contributed by atoms with Crippen LogP contribution < -0.4 is 5.30 Å². The van der Waals surface area contributed by atoms with E-state index in [1.54, 1.807) is 7.11 Å². The lowest BCUT2D eigenvalue weighted by Crippen LogP contribution is -2.34. The minimum atomic E-state index is -2.39. The van der Waals surface area contributed by atoms with Crippen LogP contribution in [0, 0.1) is 17.8 Å². The molecule has 0 aromatic heterocycles. The van der Waals surface area contributed by atoms with Crippen molar-refractivity contribution in [2.45, 2.75) is 46.1 Å². The van der Waals surface area contributed by atoms with Crippen LogP contribution in [0.5, 0.6) is 0 Å². The monoisotopic (exact) mass is 326 g/mol. The molecule has 4 heteroatoms. The highest BCUT2D eigenvalue weighted by Crippen LogP contribution is 2.51. The molecule has 0 bridgehead atoms. The molecule has 0 N–H and O–H groups in total. The molecule has 2 rings (SSSR count). The zero-order chi connectivity index (χ0) is 15.5. The highest BCUT2D eigenvalue weighted by Gasteiger charge is 2.35. The summed E-state index contributed by atoms with van der Waals surface area (Å²) in [4.78, 5) is 0. The summed E-state index contributed by atoms with van der Waals surface area (Å²) in [6, 6.07) is 10.1. The fourth-order valence-corrected chi connectivity index (χ4v) is 5.49. The molecule has 1 saturated carbocycles. The average Bonchev–Trinajstić information content (AvgIpc) is 2.47. The Morgan fingerprint density at radius 3 is 2.43 bits per heavy atom. The van der Waals surface area contributed by atoms with Crippen LogP contribution >= 0.6 is 6.49 Å². The second-order valence-electron chi connectivity index (χ2n) is 6.49. The Morgan fingerprint density at radius 2 is 1.86 bits per heavy atom. The molecule has 4 unspecified atom stereocenters. The maximum Gasteiger partial charge on any atom is 0.219 e. The zero-order valence-electron chi connectivity index (χ0n) is 13.5. The summed E-state index contributed by atoms with van der Waals surface area (Å²) in [5.41, 5.74) is 0. The number of benzene rings is 1. The van der Waals surface area contributed by atoms with Gasteiger partial charge < -0.3 is 9.05 Å². The van der Waals surface area contributed by atoms with Gasteiger partial charge in [-0.3, -0.25) is 0 Å². The summed E-state index contributed by atoms with van der Waals surface area (Å²) < 4.78 is 12.2. The lowest BCUT2D eigenvalue weighted by atomic mass is 9.75. The van der Waals surface area contributed by atoms with E-state index in [4.69, 9.17) is 20.9 Å². The van der Waals surface area contributed by atoms with Crippen molar-refractivity contribution in [2.75, 3.05) is 7.11 Å². The van der Waals surface area contributed by atoms with Crippen molar-refractivity contribution in [3.8, 4) is 0 Å². The molecular formula is C17H27O2PS. The number of hydrogen-bond donors (Lipinski definition) is 0. The van der Waals surface area contributed by atoms with Gasteiger partial charge >= 0.3 is 0 Å². The Bertz CT molecular complexity index is 489. The summed E-state index contributed by atoms with van der Waals surface area (Å²) in [7, 11) is 1.68. The third-order valence-corrected chi connectivity index (χ3v) is 7.85. The zero-order valence-corrected chi connectivity index (χ0v) is 15.2. The first-order chi connectivity index (χ1) is 9.96.